The van der Waals surface area contributed by atoms with Crippen LogP contribution in [0.4, 0.5) is 38.1 Å². The van der Waals surface area contributed by atoms with Crippen molar-refractivity contribution in [2.75, 3.05) is 16.2 Å². The van der Waals surface area contributed by atoms with Crippen LogP contribution in [0.25, 0.3) is 0 Å². The van der Waals surface area contributed by atoms with Crippen LogP contribution in [0.5, 0.6) is 5.75 Å². The summed E-state index contributed by atoms with van der Waals surface area (Å²) in [5.74, 6) is -0.875. The van der Waals surface area contributed by atoms with Gasteiger partial charge >= 0.3 is 18.8 Å². The number of anilines is 2. The van der Waals surface area contributed by atoms with Gasteiger partial charge in [0.2, 0.25) is 5.60 Å². The molecule has 42 heavy (non-hydrogen) atoms. The molecule has 2 aromatic rings. The fourth-order valence-electron chi connectivity index (χ4n) is 3.83. The number of benzene rings is 1. The predicted octanol–water partition coefficient (Wildman–Crippen LogP) is 3.71. The molecule has 234 valence electrons. The third-order valence-electron chi connectivity index (χ3n) is 6.29. The Bertz CT molecular complexity index is 1450. The number of sulfonamides is 1. The van der Waals surface area contributed by atoms with E-state index in [1.165, 1.54) is 39.8 Å². The molecular formula is C24H30F5N5O7S. The second kappa shape index (κ2) is 11.2. The van der Waals surface area contributed by atoms with Crippen molar-refractivity contribution >= 4 is 33.4 Å². The van der Waals surface area contributed by atoms with Crippen LogP contribution in [-0.2, 0) is 19.6 Å². The van der Waals surface area contributed by atoms with E-state index in [0.717, 1.165) is 10.4 Å². The molecule has 18 heteroatoms. The number of hydrogen-bond donors (Lipinski definition) is 3. The number of aromatic nitrogens is 2. The molecule has 12 nitrogen and oxygen atoms in total. The second-order valence-electron chi connectivity index (χ2n) is 10.5. The number of fused-ring (bicyclic) bond motifs is 1. The molecule has 0 unspecified atom stereocenters. The predicted molar refractivity (Wildman–Crippen MR) is 138 cm³/mol. The molecule has 0 aliphatic carbocycles. The molecule has 1 aromatic carbocycles. The lowest BCUT2D eigenvalue weighted by Crippen LogP contribution is -2.56. The van der Waals surface area contributed by atoms with Gasteiger partial charge in [0, 0.05) is 5.69 Å². The summed E-state index contributed by atoms with van der Waals surface area (Å²) in [5, 5.41) is 18.0. The Morgan fingerprint density at radius 1 is 1.19 bits per heavy atom. The van der Waals surface area contributed by atoms with Crippen LogP contribution in [-0.4, -0.2) is 71.4 Å². The van der Waals surface area contributed by atoms with Crippen molar-refractivity contribution in [1.29, 1.82) is 0 Å². The normalized spacial score (nSPS) is 17.9. The van der Waals surface area contributed by atoms with Gasteiger partial charge in [0.1, 0.15) is 22.4 Å². The molecule has 0 spiro atoms. The Morgan fingerprint density at radius 3 is 2.33 bits per heavy atom. The largest absolute Gasteiger partial charge is 0.484 e. The highest BCUT2D eigenvalue weighted by atomic mass is 32.2. The first-order valence-corrected chi connectivity index (χ1v) is 13.8. The van der Waals surface area contributed by atoms with Gasteiger partial charge in [0.15, 0.2) is 0 Å². The number of alkyl halides is 5. The summed E-state index contributed by atoms with van der Waals surface area (Å²) >= 11 is 0. The highest BCUT2D eigenvalue weighted by Crippen LogP contribution is 2.42. The average molecular weight is 628 g/mol. The summed E-state index contributed by atoms with van der Waals surface area (Å²) in [6.07, 6.45) is -6.80. The van der Waals surface area contributed by atoms with Crippen LogP contribution in [0, 0.1) is 6.92 Å². The average Bonchev–Trinajstić information content (AvgIpc) is 3.23. The fraction of sp³-hybridized carbons (Fsp3) is 0.542. The molecule has 2 atom stereocenters. The van der Waals surface area contributed by atoms with E-state index >= 15 is 0 Å². The Balaban J connectivity index is 2.05. The number of aryl methyl sites for hydroxylation is 1. The molecule has 0 bridgehead atoms. The van der Waals surface area contributed by atoms with Gasteiger partial charge < -0.3 is 19.9 Å². The maximum Gasteiger partial charge on any atom is 0.427 e. The van der Waals surface area contributed by atoms with Crippen LogP contribution < -0.4 is 19.7 Å². The van der Waals surface area contributed by atoms with E-state index in [4.69, 9.17) is 4.74 Å². The van der Waals surface area contributed by atoms with Crippen molar-refractivity contribution in [3.05, 3.63) is 30.1 Å². The Labute approximate surface area is 237 Å². The molecule has 2 heterocycles. The van der Waals surface area contributed by atoms with Gasteiger partial charge in [-0.2, -0.15) is 27.1 Å². The van der Waals surface area contributed by atoms with Crippen molar-refractivity contribution in [3.63, 3.8) is 0 Å². The number of hydrogen-bond acceptors (Lipinski definition) is 8. The molecule has 3 rings (SSSR count). The van der Waals surface area contributed by atoms with E-state index in [2.05, 4.69) is 20.5 Å². The summed E-state index contributed by atoms with van der Waals surface area (Å²) < 4.78 is 105. The number of amides is 2. The molecular weight excluding hydrogens is 597 g/mol. The topological polar surface area (TPSA) is 152 Å². The number of rotatable bonds is 8. The first-order chi connectivity index (χ1) is 19.1. The van der Waals surface area contributed by atoms with E-state index < -0.39 is 63.0 Å². The molecule has 0 saturated heterocycles. The van der Waals surface area contributed by atoms with Crippen LogP contribution in [0.2, 0.25) is 0 Å². The molecule has 1 aromatic heterocycles. The molecule has 0 saturated carbocycles. The third kappa shape index (κ3) is 6.69. The smallest absolute Gasteiger partial charge is 0.427 e. The number of nitrogens with zero attached hydrogens (tertiary/aromatic N) is 3. The van der Waals surface area contributed by atoms with E-state index in [1.807, 2.05) is 0 Å². The number of carbonyl (C=O) groups is 2. The first-order valence-electron chi connectivity index (χ1n) is 12.3. The molecule has 3 N–H and O–H groups in total. The number of carbonyl (C=O) groups excluding carboxylic acids is 2. The maximum atomic E-state index is 13.9. The zero-order valence-electron chi connectivity index (χ0n) is 23.3. The first kappa shape index (κ1) is 32.8. The van der Waals surface area contributed by atoms with Gasteiger partial charge in [-0.25, -0.2) is 17.9 Å². The number of ether oxygens (including phenoxy) is 2. The molecule has 0 radical (unpaired) electrons. The third-order valence-corrected chi connectivity index (χ3v) is 8.29. The van der Waals surface area contributed by atoms with Crippen LogP contribution >= 0.6 is 0 Å². The van der Waals surface area contributed by atoms with Gasteiger partial charge in [-0.1, -0.05) is 0 Å². The highest BCUT2D eigenvalue weighted by molar-refractivity contribution is 7.93. The summed E-state index contributed by atoms with van der Waals surface area (Å²) in [6, 6.07) is 2.37. The summed E-state index contributed by atoms with van der Waals surface area (Å²) in [5.41, 5.74) is -5.25. The zero-order chi connectivity index (χ0) is 32.0. The van der Waals surface area contributed by atoms with Crippen LogP contribution in [0.15, 0.2) is 29.3 Å². The van der Waals surface area contributed by atoms with Gasteiger partial charge in [-0.3, -0.25) is 14.4 Å². The van der Waals surface area contributed by atoms with E-state index in [1.54, 1.807) is 0 Å². The van der Waals surface area contributed by atoms with Crippen molar-refractivity contribution < 1.29 is 54.5 Å². The quantitative estimate of drug-likeness (QED) is 0.375. The van der Waals surface area contributed by atoms with Crippen molar-refractivity contribution in [1.82, 2.24) is 15.1 Å². The van der Waals surface area contributed by atoms with Gasteiger partial charge in [-0.05, 0) is 59.7 Å². The van der Waals surface area contributed by atoms with E-state index in [0.29, 0.717) is 20.0 Å². The van der Waals surface area contributed by atoms with Crippen molar-refractivity contribution in [2.45, 2.75) is 82.5 Å². The molecule has 2 amide bonds. The lowest BCUT2D eigenvalue weighted by Gasteiger charge is -2.41. The van der Waals surface area contributed by atoms with Crippen LogP contribution in [0.1, 0.15) is 46.9 Å². The molecule has 0 fully saturated rings. The minimum absolute atomic E-state index is 0.0902. The van der Waals surface area contributed by atoms with Crippen molar-refractivity contribution in [3.8, 4) is 5.75 Å². The lowest BCUT2D eigenvalue weighted by molar-refractivity contribution is -0.242. The number of aliphatic hydroxyl groups is 1. The van der Waals surface area contributed by atoms with Crippen molar-refractivity contribution in [2.24, 2.45) is 0 Å². The van der Waals surface area contributed by atoms with Gasteiger partial charge in [0.05, 0.1) is 30.2 Å². The van der Waals surface area contributed by atoms with E-state index in [-0.39, 0.29) is 34.0 Å². The molecule has 1 aliphatic rings. The fourth-order valence-corrected chi connectivity index (χ4v) is 5.67. The highest BCUT2D eigenvalue weighted by Gasteiger charge is 2.51. The Kier molecular flexibility index (Phi) is 8.76. The molecule has 1 aliphatic heterocycles. The summed E-state index contributed by atoms with van der Waals surface area (Å²) in [6.45, 7) is 2.92. The van der Waals surface area contributed by atoms with Crippen LogP contribution in [0.3, 0.4) is 0 Å². The monoisotopic (exact) mass is 627 g/mol. The Hall–Kier alpha value is -3.67. The summed E-state index contributed by atoms with van der Waals surface area (Å²) in [7, 11) is -4.68. The second-order valence-corrected chi connectivity index (χ2v) is 12.3. The standard InChI is InChI=1S/C24H30F5N5O7S/c1-12-18(11-33(32-12)20(25)26)42(38,39)34-13(2)17(10-30-19(35)22(3,4)37)40-16-8-7-14(9-15(16)34)31-21(36)41-23(5,6)24(27,28)29/h7-9,11,13,17,20,37H,10H2,1-6H3,(H,30,35)(H,31,36)/t13-,17+/m1/s1. The minimum atomic E-state index is -4.88. The summed E-state index contributed by atoms with van der Waals surface area (Å²) in [4.78, 5) is 23.9. The minimum Gasteiger partial charge on any atom is -0.484 e. The lowest BCUT2D eigenvalue weighted by atomic mass is 10.1. The zero-order valence-corrected chi connectivity index (χ0v) is 24.1. The van der Waals surface area contributed by atoms with E-state index in [9.17, 15) is 45.1 Å². The maximum absolute atomic E-state index is 13.9. The number of halogens is 5. The van der Waals surface area contributed by atoms with Gasteiger partial charge in [0.25, 0.3) is 15.9 Å². The van der Waals surface area contributed by atoms with Gasteiger partial charge in [-0.15, -0.1) is 0 Å². The number of nitrogens with one attached hydrogen (secondary N) is 2. The Morgan fingerprint density at radius 2 is 1.81 bits per heavy atom. The SMILES string of the molecule is Cc1nn(C(F)F)cc1S(=O)(=O)N1c2cc(NC(=O)OC(C)(C)C(F)(F)F)ccc2O[C@@H](CNC(=O)C(C)(C)O)[C@H]1C.